The van der Waals surface area contributed by atoms with Crippen molar-refractivity contribution in [2.45, 2.75) is 6.43 Å². The van der Waals surface area contributed by atoms with Crippen molar-refractivity contribution in [1.82, 2.24) is 4.98 Å². The van der Waals surface area contributed by atoms with Gasteiger partial charge in [-0.25, -0.2) is 8.78 Å². The van der Waals surface area contributed by atoms with Gasteiger partial charge in [0.25, 0.3) is 12.0 Å². The topological polar surface area (TPSA) is 53.1 Å². The molecule has 0 saturated heterocycles. The predicted octanol–water partition coefficient (Wildman–Crippen LogP) is 1.78. The molecular weight excluding hydrogens is 236 g/mol. The van der Waals surface area contributed by atoms with Gasteiger partial charge in [0.05, 0.1) is 5.69 Å². The van der Waals surface area contributed by atoms with Crippen molar-refractivity contribution >= 4 is 15.9 Å². The fraction of sp³-hybridized carbons (Fsp3) is 0.167. The van der Waals surface area contributed by atoms with E-state index in [1.54, 1.807) is 0 Å². The number of hydrogen-bond acceptors (Lipinski definition) is 2. The quantitative estimate of drug-likeness (QED) is 0.785. The number of aromatic nitrogens is 1. The molecule has 0 aliphatic rings. The third-order valence-electron chi connectivity index (χ3n) is 1.21. The molecule has 0 atom stereocenters. The lowest BCUT2D eigenvalue weighted by molar-refractivity contribution is 0.145. The summed E-state index contributed by atoms with van der Waals surface area (Å²) in [5.74, 6) is -0.492. The van der Waals surface area contributed by atoms with Crippen LogP contribution in [-0.2, 0) is 0 Å². The molecule has 1 aromatic heterocycles. The van der Waals surface area contributed by atoms with E-state index >= 15 is 0 Å². The molecule has 6 heteroatoms. The van der Waals surface area contributed by atoms with E-state index in [0.717, 1.165) is 6.07 Å². The van der Waals surface area contributed by atoms with Crippen LogP contribution in [0, 0.1) is 0 Å². The average molecular weight is 240 g/mol. The van der Waals surface area contributed by atoms with Crippen LogP contribution >= 0.6 is 15.9 Å². The molecule has 0 aromatic carbocycles. The molecule has 12 heavy (non-hydrogen) atoms. The van der Waals surface area contributed by atoms with Crippen molar-refractivity contribution in [3.05, 3.63) is 26.6 Å². The Hall–Kier alpha value is -0.910. The maximum absolute atomic E-state index is 12.0. The highest BCUT2D eigenvalue weighted by Crippen LogP contribution is 2.23. The first-order valence-electron chi connectivity index (χ1n) is 2.92. The zero-order chi connectivity index (χ0) is 9.30. The van der Waals surface area contributed by atoms with Crippen LogP contribution in [0.3, 0.4) is 0 Å². The van der Waals surface area contributed by atoms with Crippen molar-refractivity contribution in [1.29, 1.82) is 0 Å². The Kier molecular flexibility index (Phi) is 2.46. The van der Waals surface area contributed by atoms with Gasteiger partial charge in [-0.2, -0.15) is 0 Å². The molecule has 0 aliphatic heterocycles. The molecule has 0 fully saturated rings. The maximum atomic E-state index is 12.0. The minimum absolute atomic E-state index is 0.146. The normalized spacial score (nSPS) is 10.7. The van der Waals surface area contributed by atoms with E-state index < -0.39 is 23.4 Å². The maximum Gasteiger partial charge on any atom is 0.278 e. The summed E-state index contributed by atoms with van der Waals surface area (Å²) in [4.78, 5) is 12.7. The van der Waals surface area contributed by atoms with Gasteiger partial charge in [-0.1, -0.05) is 0 Å². The van der Waals surface area contributed by atoms with Crippen molar-refractivity contribution in [3.63, 3.8) is 0 Å². The second-order valence-corrected chi connectivity index (χ2v) is 2.85. The smallest absolute Gasteiger partial charge is 0.278 e. The third-order valence-corrected chi connectivity index (χ3v) is 1.98. The zero-order valence-corrected chi connectivity index (χ0v) is 7.23. The van der Waals surface area contributed by atoms with E-state index in [0.29, 0.717) is 0 Å². The largest absolute Gasteiger partial charge is 0.506 e. The van der Waals surface area contributed by atoms with E-state index in [1.807, 2.05) is 4.98 Å². The Morgan fingerprint density at radius 1 is 1.58 bits per heavy atom. The zero-order valence-electron chi connectivity index (χ0n) is 5.64. The first kappa shape index (κ1) is 9.18. The Morgan fingerprint density at radius 2 is 2.17 bits per heavy atom. The van der Waals surface area contributed by atoms with Crippen molar-refractivity contribution in [2.24, 2.45) is 0 Å². The second kappa shape index (κ2) is 3.22. The fourth-order valence-electron chi connectivity index (χ4n) is 0.667. The Morgan fingerprint density at radius 3 is 2.58 bits per heavy atom. The molecule has 0 bridgehead atoms. The van der Waals surface area contributed by atoms with E-state index in [2.05, 4.69) is 15.9 Å². The van der Waals surface area contributed by atoms with Gasteiger partial charge >= 0.3 is 0 Å². The van der Waals surface area contributed by atoms with Gasteiger partial charge in [0.1, 0.15) is 10.2 Å². The van der Waals surface area contributed by atoms with Gasteiger partial charge in [-0.05, 0) is 15.9 Å². The predicted molar refractivity (Wildman–Crippen MR) is 41.4 cm³/mol. The highest BCUT2D eigenvalue weighted by atomic mass is 79.9. The Labute approximate surface area is 74.2 Å². The number of nitrogens with one attached hydrogen (secondary N) is 1. The van der Waals surface area contributed by atoms with E-state index in [-0.39, 0.29) is 4.47 Å². The monoisotopic (exact) mass is 239 g/mol. The number of alkyl halides is 2. The van der Waals surface area contributed by atoms with Crippen LogP contribution in [0.5, 0.6) is 5.75 Å². The fourth-order valence-corrected chi connectivity index (χ4v) is 0.880. The lowest BCUT2D eigenvalue weighted by Crippen LogP contribution is -2.09. The van der Waals surface area contributed by atoms with Crippen LogP contribution in [0.4, 0.5) is 8.78 Å². The third kappa shape index (κ3) is 1.63. The number of hydrogen-bond donors (Lipinski definition) is 2. The molecule has 66 valence electrons. The van der Waals surface area contributed by atoms with Gasteiger partial charge in [0.15, 0.2) is 0 Å². The summed E-state index contributed by atoms with van der Waals surface area (Å²) in [6, 6.07) is 0.802. The summed E-state index contributed by atoms with van der Waals surface area (Å²) in [7, 11) is 0. The molecule has 0 saturated carbocycles. The Bertz CT molecular complexity index is 350. The van der Waals surface area contributed by atoms with Crippen molar-refractivity contribution in [2.75, 3.05) is 0 Å². The molecule has 0 unspecified atom stereocenters. The van der Waals surface area contributed by atoms with Crippen molar-refractivity contribution < 1.29 is 13.9 Å². The summed E-state index contributed by atoms with van der Waals surface area (Å²) in [6.45, 7) is 0. The van der Waals surface area contributed by atoms with Gasteiger partial charge in [0.2, 0.25) is 0 Å². The van der Waals surface area contributed by atoms with Gasteiger partial charge in [0, 0.05) is 6.07 Å². The lowest BCUT2D eigenvalue weighted by atomic mass is 10.3. The Balaban J connectivity index is 3.31. The molecule has 0 radical (unpaired) electrons. The molecule has 0 aliphatic carbocycles. The summed E-state index contributed by atoms with van der Waals surface area (Å²) >= 11 is 2.72. The molecular formula is C6H4BrF2NO2. The van der Waals surface area contributed by atoms with Gasteiger partial charge in [-0.15, -0.1) is 0 Å². The minimum Gasteiger partial charge on any atom is -0.506 e. The summed E-state index contributed by atoms with van der Waals surface area (Å²) in [5, 5.41) is 8.93. The first-order valence-corrected chi connectivity index (χ1v) is 3.71. The number of rotatable bonds is 1. The van der Waals surface area contributed by atoms with Crippen LogP contribution in [0.25, 0.3) is 0 Å². The van der Waals surface area contributed by atoms with Gasteiger partial charge < -0.3 is 10.1 Å². The number of pyridine rings is 1. The van der Waals surface area contributed by atoms with Crippen LogP contribution in [0.2, 0.25) is 0 Å². The highest BCUT2D eigenvalue weighted by molar-refractivity contribution is 9.10. The molecule has 1 rings (SSSR count). The number of aromatic amines is 1. The second-order valence-electron chi connectivity index (χ2n) is 2.05. The molecule has 0 amide bonds. The van der Waals surface area contributed by atoms with E-state index in [4.69, 9.17) is 5.11 Å². The summed E-state index contributed by atoms with van der Waals surface area (Å²) < 4.78 is 23.8. The lowest BCUT2D eigenvalue weighted by Gasteiger charge is -2.00. The number of H-pyrrole nitrogens is 1. The van der Waals surface area contributed by atoms with Gasteiger partial charge in [-0.3, -0.25) is 4.79 Å². The molecule has 2 N–H and O–H groups in total. The van der Waals surface area contributed by atoms with E-state index in [9.17, 15) is 13.6 Å². The number of halogens is 3. The van der Waals surface area contributed by atoms with E-state index in [1.165, 1.54) is 0 Å². The standard InChI is InChI=1S/C6H4BrF2NO2/c7-4-3(11)1-2(5(8)9)10-6(4)12/h1,5H,(H2,10,11,12). The summed E-state index contributed by atoms with van der Waals surface area (Å²) in [6.07, 6.45) is -2.79. The highest BCUT2D eigenvalue weighted by Gasteiger charge is 2.12. The van der Waals surface area contributed by atoms with Crippen LogP contribution in [-0.4, -0.2) is 10.1 Å². The first-order chi connectivity index (χ1) is 5.52. The summed E-state index contributed by atoms with van der Waals surface area (Å²) in [5.41, 5.74) is -1.37. The molecule has 1 heterocycles. The average Bonchev–Trinajstić information content (AvgIpc) is 1.99. The van der Waals surface area contributed by atoms with Crippen LogP contribution in [0.15, 0.2) is 15.3 Å². The van der Waals surface area contributed by atoms with Crippen LogP contribution < -0.4 is 5.56 Å². The molecule has 3 nitrogen and oxygen atoms in total. The van der Waals surface area contributed by atoms with Crippen LogP contribution in [0.1, 0.15) is 12.1 Å². The molecule has 0 spiro atoms. The minimum atomic E-state index is -2.79. The number of aromatic hydroxyl groups is 1. The van der Waals surface area contributed by atoms with Crippen molar-refractivity contribution in [3.8, 4) is 5.75 Å². The SMILES string of the molecule is O=c1[nH]c(C(F)F)cc(O)c1Br. The molecule has 1 aromatic rings.